The predicted molar refractivity (Wildman–Crippen MR) is 44.3 cm³/mol. The first-order valence-corrected chi connectivity index (χ1v) is 3.56. The normalized spacial score (nSPS) is 9.75. The fourth-order valence-corrected chi connectivity index (χ4v) is 0.908. The fraction of sp³-hybridized carbons (Fsp3) is 0.286. The van der Waals surface area contributed by atoms with E-state index in [9.17, 15) is 4.79 Å². The average Bonchev–Trinajstić information content (AvgIpc) is 2.03. The molecule has 0 aliphatic heterocycles. The van der Waals surface area contributed by atoms with Crippen molar-refractivity contribution >= 4 is 11.9 Å². The Morgan fingerprint density at radius 2 is 2.33 bits per heavy atom. The van der Waals surface area contributed by atoms with E-state index in [-0.39, 0.29) is 5.95 Å². The lowest BCUT2D eigenvalue weighted by molar-refractivity contribution is 0.0998. The quantitative estimate of drug-likeness (QED) is 0.631. The molecule has 0 spiro atoms. The van der Waals surface area contributed by atoms with E-state index in [0.717, 1.165) is 0 Å². The minimum absolute atomic E-state index is 0.164. The molecule has 1 amide bonds. The molecule has 12 heavy (non-hydrogen) atoms. The number of nitrogen functional groups attached to an aromatic ring is 1. The third-order valence-electron chi connectivity index (χ3n) is 1.49. The Morgan fingerprint density at radius 3 is 2.83 bits per heavy atom. The first-order valence-electron chi connectivity index (χ1n) is 3.56. The smallest absolute Gasteiger partial charge is 0.252 e. The van der Waals surface area contributed by atoms with Gasteiger partial charge < -0.3 is 11.5 Å². The van der Waals surface area contributed by atoms with Crippen LogP contribution in [0, 0.1) is 0 Å². The third kappa shape index (κ3) is 1.50. The van der Waals surface area contributed by atoms with Gasteiger partial charge in [-0.05, 0) is 6.42 Å². The molecule has 64 valence electrons. The highest BCUT2D eigenvalue weighted by Gasteiger charge is 2.08. The van der Waals surface area contributed by atoms with Crippen LogP contribution in [0.4, 0.5) is 5.95 Å². The van der Waals surface area contributed by atoms with Crippen LogP contribution < -0.4 is 11.5 Å². The molecule has 1 heterocycles. The topological polar surface area (TPSA) is 94.9 Å². The molecule has 0 aliphatic carbocycles. The van der Waals surface area contributed by atoms with E-state index in [1.807, 2.05) is 6.92 Å². The summed E-state index contributed by atoms with van der Waals surface area (Å²) in [5.41, 5.74) is 11.3. The lowest BCUT2D eigenvalue weighted by Crippen LogP contribution is -2.16. The van der Waals surface area contributed by atoms with Gasteiger partial charge in [-0.25, -0.2) is 9.97 Å². The van der Waals surface area contributed by atoms with Crippen LogP contribution in [0.1, 0.15) is 23.0 Å². The maximum atomic E-state index is 10.8. The minimum atomic E-state index is -0.521. The van der Waals surface area contributed by atoms with E-state index < -0.39 is 5.91 Å². The van der Waals surface area contributed by atoms with Gasteiger partial charge >= 0.3 is 0 Å². The number of primary amides is 1. The molecule has 0 fully saturated rings. The van der Waals surface area contributed by atoms with Crippen molar-refractivity contribution in [3.05, 3.63) is 17.5 Å². The zero-order chi connectivity index (χ0) is 9.14. The number of nitrogens with zero attached hydrogens (tertiary/aromatic N) is 2. The van der Waals surface area contributed by atoms with Crippen LogP contribution in [0.3, 0.4) is 0 Å². The Kier molecular flexibility index (Phi) is 2.23. The van der Waals surface area contributed by atoms with Crippen molar-refractivity contribution in [3.8, 4) is 0 Å². The van der Waals surface area contributed by atoms with Crippen LogP contribution in [-0.2, 0) is 6.42 Å². The summed E-state index contributed by atoms with van der Waals surface area (Å²) in [5.74, 6) is -0.358. The summed E-state index contributed by atoms with van der Waals surface area (Å²) >= 11 is 0. The van der Waals surface area contributed by atoms with Crippen LogP contribution >= 0.6 is 0 Å². The van der Waals surface area contributed by atoms with Gasteiger partial charge in [0.1, 0.15) is 0 Å². The molecular weight excluding hydrogens is 156 g/mol. The van der Waals surface area contributed by atoms with Crippen LogP contribution in [0.2, 0.25) is 0 Å². The Morgan fingerprint density at radius 1 is 1.67 bits per heavy atom. The van der Waals surface area contributed by atoms with Crippen LogP contribution in [0.15, 0.2) is 6.20 Å². The van der Waals surface area contributed by atoms with Crippen molar-refractivity contribution in [2.75, 3.05) is 5.73 Å². The molecular formula is C7H10N4O. The molecule has 0 radical (unpaired) electrons. The van der Waals surface area contributed by atoms with Crippen molar-refractivity contribution < 1.29 is 4.79 Å². The lowest BCUT2D eigenvalue weighted by atomic mass is 10.2. The number of carbonyl (C=O) groups is 1. The number of hydrogen-bond acceptors (Lipinski definition) is 4. The van der Waals surface area contributed by atoms with Crippen LogP contribution in [-0.4, -0.2) is 15.9 Å². The predicted octanol–water partition coefficient (Wildman–Crippen LogP) is -0.280. The monoisotopic (exact) mass is 166 g/mol. The van der Waals surface area contributed by atoms with Crippen molar-refractivity contribution in [3.63, 3.8) is 0 Å². The molecule has 0 saturated carbocycles. The number of amides is 1. The zero-order valence-corrected chi connectivity index (χ0v) is 6.74. The van der Waals surface area contributed by atoms with E-state index in [4.69, 9.17) is 11.5 Å². The number of rotatable bonds is 2. The SMILES string of the molecule is CCc1nc(N)ncc1C(N)=O. The van der Waals surface area contributed by atoms with Gasteiger partial charge in [-0.3, -0.25) is 4.79 Å². The van der Waals surface area contributed by atoms with E-state index in [1.165, 1.54) is 6.20 Å². The maximum absolute atomic E-state index is 10.8. The van der Waals surface area contributed by atoms with Gasteiger partial charge in [0, 0.05) is 6.20 Å². The van der Waals surface area contributed by atoms with E-state index in [0.29, 0.717) is 17.7 Å². The molecule has 1 rings (SSSR count). The summed E-state index contributed by atoms with van der Waals surface area (Å²) in [4.78, 5) is 18.3. The second-order valence-electron chi connectivity index (χ2n) is 2.31. The highest BCUT2D eigenvalue weighted by Crippen LogP contribution is 2.05. The second-order valence-corrected chi connectivity index (χ2v) is 2.31. The first kappa shape index (κ1) is 8.45. The maximum Gasteiger partial charge on any atom is 0.252 e. The number of nitrogens with two attached hydrogens (primary N) is 2. The van der Waals surface area contributed by atoms with Crippen LogP contribution in [0.5, 0.6) is 0 Å². The van der Waals surface area contributed by atoms with Crippen molar-refractivity contribution in [2.24, 2.45) is 5.73 Å². The summed E-state index contributed by atoms with van der Waals surface area (Å²) in [7, 11) is 0. The van der Waals surface area contributed by atoms with Gasteiger partial charge in [-0.2, -0.15) is 0 Å². The summed E-state index contributed by atoms with van der Waals surface area (Å²) in [6.07, 6.45) is 1.97. The summed E-state index contributed by atoms with van der Waals surface area (Å²) in [6, 6.07) is 0. The number of anilines is 1. The van der Waals surface area contributed by atoms with Gasteiger partial charge in [0.15, 0.2) is 0 Å². The van der Waals surface area contributed by atoms with E-state index >= 15 is 0 Å². The molecule has 0 aromatic carbocycles. The lowest BCUT2D eigenvalue weighted by Gasteiger charge is -2.02. The van der Waals surface area contributed by atoms with Gasteiger partial charge in [0.05, 0.1) is 11.3 Å². The molecule has 1 aromatic heterocycles. The second kappa shape index (κ2) is 3.17. The fourth-order valence-electron chi connectivity index (χ4n) is 0.908. The molecule has 1 aromatic rings. The molecule has 0 unspecified atom stereocenters. The van der Waals surface area contributed by atoms with Gasteiger partial charge in [0.25, 0.3) is 5.91 Å². The zero-order valence-electron chi connectivity index (χ0n) is 6.74. The Bertz CT molecular complexity index is 310. The van der Waals surface area contributed by atoms with E-state index in [2.05, 4.69) is 9.97 Å². The van der Waals surface area contributed by atoms with Crippen molar-refractivity contribution in [2.45, 2.75) is 13.3 Å². The Balaban J connectivity index is 3.20. The number of carbonyl (C=O) groups excluding carboxylic acids is 1. The van der Waals surface area contributed by atoms with Gasteiger partial charge in [0.2, 0.25) is 5.95 Å². The average molecular weight is 166 g/mol. The van der Waals surface area contributed by atoms with Crippen molar-refractivity contribution in [1.82, 2.24) is 9.97 Å². The summed E-state index contributed by atoms with van der Waals surface area (Å²) in [6.45, 7) is 1.87. The molecule has 5 heteroatoms. The Labute approximate surface area is 69.8 Å². The number of aromatic nitrogens is 2. The molecule has 0 bridgehead atoms. The summed E-state index contributed by atoms with van der Waals surface area (Å²) in [5, 5.41) is 0. The highest BCUT2D eigenvalue weighted by molar-refractivity contribution is 5.93. The number of aryl methyl sites for hydroxylation is 1. The Hall–Kier alpha value is -1.65. The molecule has 4 N–H and O–H groups in total. The molecule has 0 atom stereocenters. The molecule has 0 aliphatic rings. The highest BCUT2D eigenvalue weighted by atomic mass is 16.1. The standard InChI is InChI=1S/C7H10N4O/c1-2-5-4(6(8)12)3-10-7(9)11-5/h3H,2H2,1H3,(H2,8,12)(H2,9,10,11). The van der Waals surface area contributed by atoms with Gasteiger partial charge in [-0.1, -0.05) is 6.92 Å². The number of hydrogen-bond donors (Lipinski definition) is 2. The first-order chi connectivity index (χ1) is 5.65. The van der Waals surface area contributed by atoms with E-state index in [1.54, 1.807) is 0 Å². The minimum Gasteiger partial charge on any atom is -0.368 e. The largest absolute Gasteiger partial charge is 0.368 e. The molecule has 5 nitrogen and oxygen atoms in total. The molecule has 0 saturated heterocycles. The summed E-state index contributed by atoms with van der Waals surface area (Å²) < 4.78 is 0. The van der Waals surface area contributed by atoms with Gasteiger partial charge in [-0.15, -0.1) is 0 Å². The van der Waals surface area contributed by atoms with Crippen molar-refractivity contribution in [1.29, 1.82) is 0 Å². The third-order valence-corrected chi connectivity index (χ3v) is 1.49. The van der Waals surface area contributed by atoms with Crippen LogP contribution in [0.25, 0.3) is 0 Å².